The van der Waals surface area contributed by atoms with Gasteiger partial charge in [0.2, 0.25) is 0 Å². The number of aliphatic hydroxyl groups is 1. The molecule has 0 aliphatic rings. The first-order valence-corrected chi connectivity index (χ1v) is 6.45. The SMILES string of the molecule is Cc1sc(-c2ncc(CO)s2)cc1Br. The first-order valence-electron chi connectivity index (χ1n) is 4.02. The molecule has 2 heterocycles. The second kappa shape index (κ2) is 4.10. The van der Waals surface area contributed by atoms with E-state index in [4.69, 9.17) is 5.11 Å². The fourth-order valence-corrected chi connectivity index (χ4v) is 3.42. The Kier molecular flexibility index (Phi) is 3.02. The molecule has 2 aromatic rings. The maximum absolute atomic E-state index is 8.92. The Labute approximate surface area is 98.4 Å². The van der Waals surface area contributed by atoms with Crippen LogP contribution in [-0.2, 0) is 6.61 Å². The van der Waals surface area contributed by atoms with Crippen LogP contribution < -0.4 is 0 Å². The standard InChI is InChI=1S/C9H8BrNOS2/c1-5-7(10)2-8(13-5)9-11-3-6(4-12)14-9/h2-3,12H,4H2,1H3. The number of thiazole rings is 1. The quantitative estimate of drug-likeness (QED) is 0.919. The summed E-state index contributed by atoms with van der Waals surface area (Å²) in [5.41, 5.74) is 0. The van der Waals surface area contributed by atoms with E-state index in [0.29, 0.717) is 0 Å². The van der Waals surface area contributed by atoms with Crippen LogP contribution >= 0.6 is 38.6 Å². The van der Waals surface area contributed by atoms with Crippen molar-refractivity contribution in [3.05, 3.63) is 26.5 Å². The van der Waals surface area contributed by atoms with E-state index in [1.54, 1.807) is 17.5 Å². The van der Waals surface area contributed by atoms with Crippen molar-refractivity contribution in [2.75, 3.05) is 0 Å². The first kappa shape index (κ1) is 10.3. The molecule has 0 unspecified atom stereocenters. The van der Waals surface area contributed by atoms with Crippen LogP contribution in [0.3, 0.4) is 0 Å². The molecule has 0 aliphatic carbocycles. The highest BCUT2D eigenvalue weighted by Crippen LogP contribution is 2.35. The third kappa shape index (κ3) is 1.91. The second-order valence-corrected chi connectivity index (χ2v) is 6.03. The Morgan fingerprint density at radius 1 is 1.50 bits per heavy atom. The van der Waals surface area contributed by atoms with Crippen LogP contribution in [0.1, 0.15) is 9.75 Å². The van der Waals surface area contributed by atoms with Crippen molar-refractivity contribution in [1.29, 1.82) is 0 Å². The van der Waals surface area contributed by atoms with E-state index in [9.17, 15) is 0 Å². The summed E-state index contributed by atoms with van der Waals surface area (Å²) in [5.74, 6) is 0. The van der Waals surface area contributed by atoms with Crippen LogP contribution in [0.5, 0.6) is 0 Å². The number of halogens is 1. The molecule has 1 N–H and O–H groups in total. The second-order valence-electron chi connectivity index (χ2n) is 2.80. The van der Waals surface area contributed by atoms with Crippen molar-refractivity contribution in [2.24, 2.45) is 0 Å². The maximum atomic E-state index is 8.92. The minimum atomic E-state index is 0.0726. The lowest BCUT2D eigenvalue weighted by Gasteiger charge is -1.86. The number of aryl methyl sites for hydroxylation is 1. The molecule has 2 rings (SSSR count). The maximum Gasteiger partial charge on any atom is 0.133 e. The van der Waals surface area contributed by atoms with Crippen molar-refractivity contribution in [2.45, 2.75) is 13.5 Å². The fourth-order valence-electron chi connectivity index (χ4n) is 1.06. The summed E-state index contributed by atoms with van der Waals surface area (Å²) < 4.78 is 1.12. The number of hydrogen-bond donors (Lipinski definition) is 1. The molecule has 5 heteroatoms. The molecular weight excluding hydrogens is 282 g/mol. The zero-order valence-corrected chi connectivity index (χ0v) is 10.7. The van der Waals surface area contributed by atoms with Crippen LogP contribution in [-0.4, -0.2) is 10.1 Å². The lowest BCUT2D eigenvalue weighted by atomic mass is 10.4. The van der Waals surface area contributed by atoms with Crippen LogP contribution in [0.15, 0.2) is 16.7 Å². The van der Waals surface area contributed by atoms with Crippen molar-refractivity contribution in [3.8, 4) is 9.88 Å². The molecule has 0 radical (unpaired) electrons. The molecule has 2 nitrogen and oxygen atoms in total. The molecule has 0 fully saturated rings. The van der Waals surface area contributed by atoms with Crippen LogP contribution in [0.2, 0.25) is 0 Å². The lowest BCUT2D eigenvalue weighted by molar-refractivity contribution is 0.285. The fraction of sp³-hybridized carbons (Fsp3) is 0.222. The van der Waals surface area contributed by atoms with Gasteiger partial charge in [0, 0.05) is 15.5 Å². The highest BCUT2D eigenvalue weighted by molar-refractivity contribution is 9.10. The highest BCUT2D eigenvalue weighted by atomic mass is 79.9. The summed E-state index contributed by atoms with van der Waals surface area (Å²) in [7, 11) is 0. The van der Waals surface area contributed by atoms with Gasteiger partial charge in [0.05, 0.1) is 16.4 Å². The number of aromatic nitrogens is 1. The van der Waals surface area contributed by atoms with E-state index in [1.807, 2.05) is 0 Å². The van der Waals surface area contributed by atoms with E-state index in [1.165, 1.54) is 16.2 Å². The van der Waals surface area contributed by atoms with Gasteiger partial charge in [-0.15, -0.1) is 22.7 Å². The van der Waals surface area contributed by atoms with E-state index in [2.05, 4.69) is 33.9 Å². The molecule has 0 aliphatic heterocycles. The monoisotopic (exact) mass is 289 g/mol. The Morgan fingerprint density at radius 2 is 2.29 bits per heavy atom. The van der Waals surface area contributed by atoms with Gasteiger partial charge in [-0.3, -0.25) is 0 Å². The summed E-state index contributed by atoms with van der Waals surface area (Å²) in [6.07, 6.45) is 1.73. The lowest BCUT2D eigenvalue weighted by Crippen LogP contribution is -1.70. The predicted octanol–water partition coefficient (Wildman–Crippen LogP) is 3.43. The molecule has 0 amide bonds. The van der Waals surface area contributed by atoms with Gasteiger partial charge in [-0.1, -0.05) is 0 Å². The van der Waals surface area contributed by atoms with Crippen molar-refractivity contribution >= 4 is 38.6 Å². The van der Waals surface area contributed by atoms with E-state index < -0.39 is 0 Å². The normalized spacial score (nSPS) is 10.8. The summed E-state index contributed by atoms with van der Waals surface area (Å²) in [5, 5.41) is 9.90. The van der Waals surface area contributed by atoms with Gasteiger partial charge in [0.15, 0.2) is 0 Å². The average Bonchev–Trinajstić information content (AvgIpc) is 2.74. The van der Waals surface area contributed by atoms with Gasteiger partial charge >= 0.3 is 0 Å². The zero-order valence-electron chi connectivity index (χ0n) is 7.45. The van der Waals surface area contributed by atoms with Gasteiger partial charge in [-0.2, -0.15) is 0 Å². The number of rotatable bonds is 2. The molecule has 0 bridgehead atoms. The van der Waals surface area contributed by atoms with E-state index in [-0.39, 0.29) is 6.61 Å². The van der Waals surface area contributed by atoms with Crippen LogP contribution in [0, 0.1) is 6.92 Å². The van der Waals surface area contributed by atoms with Gasteiger partial charge in [0.25, 0.3) is 0 Å². The number of aliphatic hydroxyl groups excluding tert-OH is 1. The number of nitrogens with zero attached hydrogens (tertiary/aromatic N) is 1. The molecule has 74 valence electrons. The average molecular weight is 290 g/mol. The van der Waals surface area contributed by atoms with Crippen molar-refractivity contribution in [3.63, 3.8) is 0 Å². The van der Waals surface area contributed by atoms with Gasteiger partial charge in [-0.05, 0) is 28.9 Å². The predicted molar refractivity (Wildman–Crippen MR) is 63.8 cm³/mol. The minimum absolute atomic E-state index is 0.0726. The minimum Gasteiger partial charge on any atom is -0.391 e. The van der Waals surface area contributed by atoms with Crippen molar-refractivity contribution in [1.82, 2.24) is 4.98 Å². The molecule has 0 saturated carbocycles. The van der Waals surface area contributed by atoms with Gasteiger partial charge in [0.1, 0.15) is 5.01 Å². The molecule has 0 aromatic carbocycles. The third-order valence-electron chi connectivity index (χ3n) is 1.78. The summed E-state index contributed by atoms with van der Waals surface area (Å²) in [6.45, 7) is 2.14. The van der Waals surface area contributed by atoms with E-state index in [0.717, 1.165) is 19.2 Å². The van der Waals surface area contributed by atoms with Gasteiger partial charge < -0.3 is 5.11 Å². The number of thiophene rings is 1. The van der Waals surface area contributed by atoms with Crippen LogP contribution in [0.4, 0.5) is 0 Å². The number of hydrogen-bond acceptors (Lipinski definition) is 4. The molecule has 2 aromatic heterocycles. The van der Waals surface area contributed by atoms with Crippen LogP contribution in [0.25, 0.3) is 9.88 Å². The molecule has 0 atom stereocenters. The van der Waals surface area contributed by atoms with Gasteiger partial charge in [-0.25, -0.2) is 4.98 Å². The summed E-state index contributed by atoms with van der Waals surface area (Å²) in [6, 6.07) is 2.07. The Hall–Kier alpha value is -0.230. The Balaban J connectivity index is 2.39. The van der Waals surface area contributed by atoms with Crippen molar-refractivity contribution < 1.29 is 5.11 Å². The zero-order chi connectivity index (χ0) is 10.1. The largest absolute Gasteiger partial charge is 0.391 e. The third-order valence-corrected chi connectivity index (χ3v) is 5.07. The summed E-state index contributed by atoms with van der Waals surface area (Å²) in [4.78, 5) is 7.57. The van der Waals surface area contributed by atoms with E-state index >= 15 is 0 Å². The molecule has 0 spiro atoms. The first-order chi connectivity index (χ1) is 6.70. The molecular formula is C9H8BrNOS2. The topological polar surface area (TPSA) is 33.1 Å². The molecule has 0 saturated heterocycles. The Morgan fingerprint density at radius 3 is 2.79 bits per heavy atom. The Bertz CT molecular complexity index is 430. The molecule has 14 heavy (non-hydrogen) atoms. The summed E-state index contributed by atoms with van der Waals surface area (Å²) >= 11 is 6.72. The smallest absolute Gasteiger partial charge is 0.133 e. The highest BCUT2D eigenvalue weighted by Gasteiger charge is 2.08.